The van der Waals surface area contributed by atoms with Gasteiger partial charge in [0.25, 0.3) is 5.91 Å². The third-order valence-corrected chi connectivity index (χ3v) is 4.43. The van der Waals surface area contributed by atoms with Gasteiger partial charge < -0.3 is 10.6 Å². The van der Waals surface area contributed by atoms with Crippen molar-refractivity contribution in [2.45, 2.75) is 45.2 Å². The summed E-state index contributed by atoms with van der Waals surface area (Å²) in [5.41, 5.74) is 8.40. The van der Waals surface area contributed by atoms with Gasteiger partial charge in [0.1, 0.15) is 0 Å². The highest BCUT2D eigenvalue weighted by molar-refractivity contribution is 5.99. The Morgan fingerprint density at radius 2 is 2.06 bits per heavy atom. The number of carbonyl (C=O) groups is 1. The first-order chi connectivity index (χ1) is 8.66. The van der Waals surface area contributed by atoms with Crippen LogP contribution in [0.5, 0.6) is 0 Å². The van der Waals surface area contributed by atoms with E-state index in [-0.39, 0.29) is 5.91 Å². The Kier molecular flexibility index (Phi) is 2.77. The van der Waals surface area contributed by atoms with Crippen molar-refractivity contribution in [3.05, 3.63) is 29.3 Å². The van der Waals surface area contributed by atoms with Gasteiger partial charge in [-0.15, -0.1) is 0 Å². The SMILES string of the molecule is CC1CCCCC1N1Cc2ccc(N)cc2C1=O. The Morgan fingerprint density at radius 1 is 1.28 bits per heavy atom. The molecule has 2 unspecified atom stereocenters. The fraction of sp³-hybridized carbons (Fsp3) is 0.533. The maximum absolute atomic E-state index is 12.5. The molecule has 3 nitrogen and oxygen atoms in total. The Morgan fingerprint density at radius 3 is 2.83 bits per heavy atom. The zero-order valence-corrected chi connectivity index (χ0v) is 10.9. The van der Waals surface area contributed by atoms with Crippen LogP contribution in [0.1, 0.15) is 48.5 Å². The zero-order valence-electron chi connectivity index (χ0n) is 10.9. The molecule has 1 amide bonds. The molecule has 3 heteroatoms. The van der Waals surface area contributed by atoms with Crippen molar-refractivity contribution in [1.82, 2.24) is 4.90 Å². The molecule has 2 aliphatic rings. The number of carbonyl (C=O) groups excluding carboxylic acids is 1. The molecular weight excluding hydrogens is 224 g/mol. The molecule has 96 valence electrons. The fourth-order valence-electron chi connectivity index (χ4n) is 3.37. The van der Waals surface area contributed by atoms with Crippen LogP contribution >= 0.6 is 0 Å². The number of hydrogen-bond donors (Lipinski definition) is 1. The summed E-state index contributed by atoms with van der Waals surface area (Å²) in [6.07, 6.45) is 4.94. The quantitative estimate of drug-likeness (QED) is 0.772. The van der Waals surface area contributed by atoms with Crippen molar-refractivity contribution in [3.8, 4) is 0 Å². The van der Waals surface area contributed by atoms with Gasteiger partial charge in [-0.25, -0.2) is 0 Å². The summed E-state index contributed by atoms with van der Waals surface area (Å²) in [6, 6.07) is 6.13. The molecule has 1 aromatic carbocycles. The maximum Gasteiger partial charge on any atom is 0.254 e. The minimum absolute atomic E-state index is 0.177. The van der Waals surface area contributed by atoms with E-state index in [1.165, 1.54) is 19.3 Å². The van der Waals surface area contributed by atoms with E-state index in [1.807, 2.05) is 18.2 Å². The third-order valence-electron chi connectivity index (χ3n) is 4.43. The van der Waals surface area contributed by atoms with Crippen LogP contribution in [0.25, 0.3) is 0 Å². The van der Waals surface area contributed by atoms with Crippen molar-refractivity contribution >= 4 is 11.6 Å². The number of amides is 1. The summed E-state index contributed by atoms with van der Waals surface area (Å²) in [5.74, 6) is 0.797. The molecule has 1 aliphatic heterocycles. The smallest absolute Gasteiger partial charge is 0.254 e. The highest BCUT2D eigenvalue weighted by atomic mass is 16.2. The fourth-order valence-corrected chi connectivity index (χ4v) is 3.37. The lowest BCUT2D eigenvalue weighted by Crippen LogP contribution is -2.41. The van der Waals surface area contributed by atoms with Crippen LogP contribution in [0, 0.1) is 5.92 Å². The lowest BCUT2D eigenvalue weighted by Gasteiger charge is -2.36. The molecule has 2 N–H and O–H groups in total. The lowest BCUT2D eigenvalue weighted by molar-refractivity contribution is 0.0579. The number of fused-ring (bicyclic) bond motifs is 1. The van der Waals surface area contributed by atoms with E-state index >= 15 is 0 Å². The zero-order chi connectivity index (χ0) is 12.7. The Bertz CT molecular complexity index is 483. The molecular formula is C15H20N2O. The van der Waals surface area contributed by atoms with Crippen molar-refractivity contribution in [2.24, 2.45) is 5.92 Å². The van der Waals surface area contributed by atoms with E-state index in [4.69, 9.17) is 5.73 Å². The number of nitrogen functional groups attached to an aromatic ring is 1. The average molecular weight is 244 g/mol. The van der Waals surface area contributed by atoms with Gasteiger partial charge in [-0.3, -0.25) is 4.79 Å². The van der Waals surface area contributed by atoms with Crippen LogP contribution in [0.3, 0.4) is 0 Å². The number of anilines is 1. The van der Waals surface area contributed by atoms with Crippen LogP contribution in [0.15, 0.2) is 18.2 Å². The van der Waals surface area contributed by atoms with Gasteiger partial charge in [-0.1, -0.05) is 25.8 Å². The first-order valence-corrected chi connectivity index (χ1v) is 6.86. The first kappa shape index (κ1) is 11.6. The standard InChI is InChI=1S/C15H20N2O/c1-10-4-2-3-5-14(10)17-9-11-6-7-12(16)8-13(11)15(17)18/h6-8,10,14H,2-5,9,16H2,1H3. The van der Waals surface area contributed by atoms with Crippen molar-refractivity contribution in [1.29, 1.82) is 0 Å². The van der Waals surface area contributed by atoms with Gasteiger partial charge in [-0.2, -0.15) is 0 Å². The molecule has 1 aliphatic carbocycles. The summed E-state index contributed by atoms with van der Waals surface area (Å²) < 4.78 is 0. The predicted molar refractivity (Wildman–Crippen MR) is 72.1 cm³/mol. The van der Waals surface area contributed by atoms with Crippen LogP contribution in [0.2, 0.25) is 0 Å². The van der Waals surface area contributed by atoms with Crippen LogP contribution in [-0.2, 0) is 6.54 Å². The molecule has 1 heterocycles. The second kappa shape index (κ2) is 4.30. The Labute approximate surface area is 108 Å². The molecule has 3 rings (SSSR count). The molecule has 0 bridgehead atoms. The highest BCUT2D eigenvalue weighted by Gasteiger charge is 2.36. The van der Waals surface area contributed by atoms with Gasteiger partial charge in [0.05, 0.1) is 0 Å². The van der Waals surface area contributed by atoms with E-state index in [2.05, 4.69) is 11.8 Å². The molecule has 2 atom stereocenters. The van der Waals surface area contributed by atoms with Gasteiger partial charge in [-0.05, 0) is 36.5 Å². The first-order valence-electron chi connectivity index (χ1n) is 6.86. The van der Waals surface area contributed by atoms with Gasteiger partial charge >= 0.3 is 0 Å². The number of benzene rings is 1. The largest absolute Gasteiger partial charge is 0.399 e. The van der Waals surface area contributed by atoms with Crippen LogP contribution < -0.4 is 5.73 Å². The number of nitrogens with zero attached hydrogens (tertiary/aromatic N) is 1. The Hall–Kier alpha value is -1.51. The Balaban J connectivity index is 1.87. The summed E-state index contributed by atoms with van der Waals surface area (Å²) in [6.45, 7) is 3.04. The summed E-state index contributed by atoms with van der Waals surface area (Å²) in [5, 5.41) is 0. The van der Waals surface area contributed by atoms with Crippen LogP contribution in [-0.4, -0.2) is 16.8 Å². The second-order valence-corrected chi connectivity index (χ2v) is 5.68. The van der Waals surface area contributed by atoms with E-state index in [9.17, 15) is 4.79 Å². The lowest BCUT2D eigenvalue weighted by atomic mass is 9.85. The van der Waals surface area contributed by atoms with E-state index in [0.717, 1.165) is 24.1 Å². The minimum atomic E-state index is 0.177. The number of rotatable bonds is 1. The van der Waals surface area contributed by atoms with Gasteiger partial charge in [0.15, 0.2) is 0 Å². The molecule has 0 aromatic heterocycles. The van der Waals surface area contributed by atoms with Crippen molar-refractivity contribution < 1.29 is 4.79 Å². The third kappa shape index (κ3) is 1.78. The topological polar surface area (TPSA) is 46.3 Å². The van der Waals surface area contributed by atoms with E-state index in [0.29, 0.717) is 17.6 Å². The molecule has 1 saturated carbocycles. The molecule has 0 radical (unpaired) electrons. The highest BCUT2D eigenvalue weighted by Crippen LogP contribution is 2.34. The average Bonchev–Trinajstić information content (AvgIpc) is 2.68. The molecule has 0 saturated heterocycles. The summed E-state index contributed by atoms with van der Waals surface area (Å²) in [7, 11) is 0. The summed E-state index contributed by atoms with van der Waals surface area (Å²) >= 11 is 0. The van der Waals surface area contributed by atoms with Crippen molar-refractivity contribution in [2.75, 3.05) is 5.73 Å². The van der Waals surface area contributed by atoms with Crippen LogP contribution in [0.4, 0.5) is 5.69 Å². The van der Waals surface area contributed by atoms with E-state index < -0.39 is 0 Å². The van der Waals surface area contributed by atoms with Gasteiger partial charge in [0.2, 0.25) is 0 Å². The maximum atomic E-state index is 12.5. The van der Waals surface area contributed by atoms with E-state index in [1.54, 1.807) is 0 Å². The summed E-state index contributed by atoms with van der Waals surface area (Å²) in [4.78, 5) is 14.5. The molecule has 1 aromatic rings. The van der Waals surface area contributed by atoms with Crippen molar-refractivity contribution in [3.63, 3.8) is 0 Å². The molecule has 0 spiro atoms. The molecule has 1 fully saturated rings. The normalized spacial score (nSPS) is 27.4. The van der Waals surface area contributed by atoms with Gasteiger partial charge in [0, 0.05) is 23.8 Å². The minimum Gasteiger partial charge on any atom is -0.399 e. The molecule has 18 heavy (non-hydrogen) atoms. The number of hydrogen-bond acceptors (Lipinski definition) is 2. The second-order valence-electron chi connectivity index (χ2n) is 5.68. The number of nitrogens with two attached hydrogens (primary N) is 1. The predicted octanol–water partition coefficient (Wildman–Crippen LogP) is 2.80. The monoisotopic (exact) mass is 244 g/mol.